The predicted octanol–water partition coefficient (Wildman–Crippen LogP) is 2.44. The molecule has 1 rings (SSSR count). The standard InChI is InChI=1S/C16H32N2O2/c1-12(2)13-8-14(17-11-16(3,4)5)10-18(9-13)7-6-15(19)20/h12-14,17H,6-11H2,1-5H3,(H,19,20). The molecule has 0 aromatic heterocycles. The van der Waals surface area contributed by atoms with Gasteiger partial charge in [0.2, 0.25) is 0 Å². The number of nitrogens with one attached hydrogen (secondary N) is 1. The van der Waals surface area contributed by atoms with Gasteiger partial charge in [-0.2, -0.15) is 0 Å². The molecule has 0 amide bonds. The summed E-state index contributed by atoms with van der Waals surface area (Å²) in [5.41, 5.74) is 0.288. The van der Waals surface area contributed by atoms with Crippen LogP contribution >= 0.6 is 0 Å². The SMILES string of the molecule is CC(C)C1CC(NCC(C)(C)C)CN(CCC(=O)O)C1. The topological polar surface area (TPSA) is 52.6 Å². The van der Waals surface area contributed by atoms with Gasteiger partial charge in [0.1, 0.15) is 0 Å². The maximum Gasteiger partial charge on any atom is 0.304 e. The first-order valence-corrected chi connectivity index (χ1v) is 7.85. The molecule has 0 radical (unpaired) electrons. The molecule has 4 nitrogen and oxygen atoms in total. The quantitative estimate of drug-likeness (QED) is 0.786. The lowest BCUT2D eigenvalue weighted by Crippen LogP contribution is -2.52. The Bertz CT molecular complexity index is 310. The van der Waals surface area contributed by atoms with Crippen LogP contribution in [0, 0.1) is 17.3 Å². The van der Waals surface area contributed by atoms with Gasteiger partial charge >= 0.3 is 5.97 Å². The van der Waals surface area contributed by atoms with Crippen LogP contribution in [0.1, 0.15) is 47.5 Å². The Morgan fingerprint density at radius 1 is 1.35 bits per heavy atom. The third-order valence-electron chi connectivity index (χ3n) is 4.06. The van der Waals surface area contributed by atoms with E-state index in [-0.39, 0.29) is 11.8 Å². The number of carboxylic acids is 1. The Hall–Kier alpha value is -0.610. The summed E-state index contributed by atoms with van der Waals surface area (Å²) in [5, 5.41) is 12.5. The van der Waals surface area contributed by atoms with E-state index >= 15 is 0 Å². The van der Waals surface area contributed by atoms with Crippen molar-refractivity contribution in [1.82, 2.24) is 10.2 Å². The van der Waals surface area contributed by atoms with Gasteiger partial charge in [0.05, 0.1) is 6.42 Å². The zero-order valence-corrected chi connectivity index (χ0v) is 13.8. The molecule has 4 heteroatoms. The third-order valence-corrected chi connectivity index (χ3v) is 4.06. The van der Waals surface area contributed by atoms with Gasteiger partial charge in [0, 0.05) is 32.2 Å². The highest BCUT2D eigenvalue weighted by Crippen LogP contribution is 2.24. The molecule has 1 fully saturated rings. The molecule has 0 saturated carbocycles. The number of aliphatic carboxylic acids is 1. The van der Waals surface area contributed by atoms with Crippen molar-refractivity contribution in [3.8, 4) is 0 Å². The normalized spacial score (nSPS) is 25.1. The molecular formula is C16H32N2O2. The van der Waals surface area contributed by atoms with Crippen LogP contribution in [0.3, 0.4) is 0 Å². The van der Waals surface area contributed by atoms with Crippen LogP contribution in [-0.4, -0.2) is 48.2 Å². The van der Waals surface area contributed by atoms with Crippen molar-refractivity contribution in [2.24, 2.45) is 17.3 Å². The number of piperidine rings is 1. The number of rotatable bonds is 6. The third kappa shape index (κ3) is 6.71. The maximum absolute atomic E-state index is 10.8. The van der Waals surface area contributed by atoms with E-state index < -0.39 is 5.97 Å². The fourth-order valence-corrected chi connectivity index (χ4v) is 2.75. The van der Waals surface area contributed by atoms with Crippen LogP contribution in [0.25, 0.3) is 0 Å². The molecule has 1 aliphatic heterocycles. The predicted molar refractivity (Wildman–Crippen MR) is 82.9 cm³/mol. The zero-order chi connectivity index (χ0) is 15.3. The molecule has 0 aromatic carbocycles. The molecule has 2 atom stereocenters. The van der Waals surface area contributed by atoms with Gasteiger partial charge < -0.3 is 15.3 Å². The summed E-state index contributed by atoms with van der Waals surface area (Å²) in [6.07, 6.45) is 1.45. The average Bonchev–Trinajstić information content (AvgIpc) is 2.33. The summed E-state index contributed by atoms with van der Waals surface area (Å²) in [6, 6.07) is 0.490. The van der Waals surface area contributed by atoms with Crippen molar-refractivity contribution in [1.29, 1.82) is 0 Å². The number of carbonyl (C=O) groups is 1. The largest absolute Gasteiger partial charge is 0.481 e. The van der Waals surface area contributed by atoms with Gasteiger partial charge in [-0.1, -0.05) is 34.6 Å². The monoisotopic (exact) mass is 284 g/mol. The Balaban J connectivity index is 2.53. The Morgan fingerprint density at radius 3 is 2.50 bits per heavy atom. The van der Waals surface area contributed by atoms with Crippen LogP contribution in [-0.2, 0) is 4.79 Å². The highest BCUT2D eigenvalue weighted by atomic mass is 16.4. The number of hydrogen-bond acceptors (Lipinski definition) is 3. The van der Waals surface area contributed by atoms with E-state index in [4.69, 9.17) is 5.11 Å². The summed E-state index contributed by atoms with van der Waals surface area (Å²) in [4.78, 5) is 13.1. The molecule has 20 heavy (non-hydrogen) atoms. The minimum Gasteiger partial charge on any atom is -0.481 e. The molecule has 118 valence electrons. The summed E-state index contributed by atoms with van der Waals surface area (Å²) < 4.78 is 0. The molecule has 2 unspecified atom stereocenters. The lowest BCUT2D eigenvalue weighted by atomic mass is 9.85. The first-order valence-electron chi connectivity index (χ1n) is 7.85. The van der Waals surface area contributed by atoms with Gasteiger partial charge in [-0.3, -0.25) is 4.79 Å². The number of hydrogen-bond donors (Lipinski definition) is 2. The van der Waals surface area contributed by atoms with E-state index in [1.54, 1.807) is 0 Å². The minimum atomic E-state index is -0.698. The molecule has 1 heterocycles. The number of carboxylic acid groups (broad SMARTS) is 1. The van der Waals surface area contributed by atoms with Gasteiger partial charge in [-0.15, -0.1) is 0 Å². The van der Waals surface area contributed by atoms with Crippen molar-refractivity contribution in [2.45, 2.75) is 53.5 Å². The fraction of sp³-hybridized carbons (Fsp3) is 0.938. The summed E-state index contributed by atoms with van der Waals surface area (Å²) in [5.74, 6) is 0.618. The highest BCUT2D eigenvalue weighted by molar-refractivity contribution is 5.66. The van der Waals surface area contributed by atoms with Gasteiger partial charge in [-0.05, 0) is 23.7 Å². The number of nitrogens with zero attached hydrogens (tertiary/aromatic N) is 1. The molecule has 1 aliphatic rings. The molecule has 0 aliphatic carbocycles. The average molecular weight is 284 g/mol. The summed E-state index contributed by atoms with van der Waals surface area (Å²) >= 11 is 0. The van der Waals surface area contributed by atoms with E-state index in [2.05, 4.69) is 44.8 Å². The van der Waals surface area contributed by atoms with Gasteiger partial charge in [-0.25, -0.2) is 0 Å². The lowest BCUT2D eigenvalue weighted by molar-refractivity contribution is -0.137. The van der Waals surface area contributed by atoms with E-state index in [0.717, 1.165) is 19.6 Å². The van der Waals surface area contributed by atoms with Crippen LogP contribution < -0.4 is 5.32 Å². The van der Waals surface area contributed by atoms with Gasteiger partial charge in [0.15, 0.2) is 0 Å². The van der Waals surface area contributed by atoms with E-state index in [0.29, 0.717) is 24.4 Å². The molecule has 2 N–H and O–H groups in total. The highest BCUT2D eigenvalue weighted by Gasteiger charge is 2.29. The second-order valence-electron chi connectivity index (χ2n) is 7.78. The second kappa shape index (κ2) is 7.41. The molecule has 0 spiro atoms. The van der Waals surface area contributed by atoms with Crippen molar-refractivity contribution in [3.63, 3.8) is 0 Å². The van der Waals surface area contributed by atoms with E-state index in [9.17, 15) is 4.79 Å². The summed E-state index contributed by atoms with van der Waals surface area (Å²) in [7, 11) is 0. The lowest BCUT2D eigenvalue weighted by Gasteiger charge is -2.40. The van der Waals surface area contributed by atoms with Crippen molar-refractivity contribution in [2.75, 3.05) is 26.2 Å². The van der Waals surface area contributed by atoms with Crippen LogP contribution in [0.15, 0.2) is 0 Å². The molecule has 0 bridgehead atoms. The number of likely N-dealkylation sites (tertiary alicyclic amines) is 1. The van der Waals surface area contributed by atoms with Gasteiger partial charge in [0.25, 0.3) is 0 Å². The Kier molecular flexibility index (Phi) is 6.46. The van der Waals surface area contributed by atoms with Crippen molar-refractivity contribution in [3.05, 3.63) is 0 Å². The van der Waals surface area contributed by atoms with Crippen molar-refractivity contribution < 1.29 is 9.90 Å². The van der Waals surface area contributed by atoms with Crippen LogP contribution in [0.2, 0.25) is 0 Å². The smallest absolute Gasteiger partial charge is 0.304 e. The molecular weight excluding hydrogens is 252 g/mol. The van der Waals surface area contributed by atoms with Crippen molar-refractivity contribution >= 4 is 5.97 Å². The molecule has 0 aromatic rings. The van der Waals surface area contributed by atoms with Crippen LogP contribution in [0.5, 0.6) is 0 Å². The van der Waals surface area contributed by atoms with E-state index in [1.165, 1.54) is 6.42 Å². The fourth-order valence-electron chi connectivity index (χ4n) is 2.75. The van der Waals surface area contributed by atoms with E-state index in [1.807, 2.05) is 0 Å². The molecule has 1 saturated heterocycles. The zero-order valence-electron chi connectivity index (χ0n) is 13.8. The Morgan fingerprint density at radius 2 is 2.00 bits per heavy atom. The summed E-state index contributed by atoms with van der Waals surface area (Å²) in [6.45, 7) is 15.0. The van der Waals surface area contributed by atoms with Crippen LogP contribution in [0.4, 0.5) is 0 Å². The Labute approximate surface area is 123 Å². The second-order valence-corrected chi connectivity index (χ2v) is 7.78. The first kappa shape index (κ1) is 17.4. The minimum absolute atomic E-state index is 0.247. The maximum atomic E-state index is 10.8. The first-order chi connectivity index (χ1) is 9.17.